The molecule has 0 aliphatic heterocycles. The van der Waals surface area contributed by atoms with Crippen molar-refractivity contribution in [2.75, 3.05) is 13.1 Å². The zero-order valence-electron chi connectivity index (χ0n) is 10.5. The monoisotopic (exact) mass is 296 g/mol. The van der Waals surface area contributed by atoms with Gasteiger partial charge in [-0.05, 0) is 18.9 Å². The summed E-state index contributed by atoms with van der Waals surface area (Å²) in [4.78, 5) is 15.3. The average Bonchev–Trinajstić information content (AvgIpc) is 2.76. The molecule has 0 radical (unpaired) electrons. The van der Waals surface area contributed by atoms with E-state index in [9.17, 15) is 4.79 Å². The molecule has 1 amide bonds. The van der Waals surface area contributed by atoms with Gasteiger partial charge in [-0.3, -0.25) is 4.79 Å². The Bertz CT molecular complexity index is 306. The molecule has 0 fully saturated rings. The minimum absolute atomic E-state index is 0. The van der Waals surface area contributed by atoms with Crippen LogP contribution in [-0.2, 0) is 11.3 Å². The van der Waals surface area contributed by atoms with E-state index in [2.05, 4.69) is 17.2 Å². The summed E-state index contributed by atoms with van der Waals surface area (Å²) in [5.74, 6) is 0.485. The van der Waals surface area contributed by atoms with Crippen LogP contribution in [0, 0.1) is 5.92 Å². The van der Waals surface area contributed by atoms with Crippen molar-refractivity contribution in [3.05, 3.63) is 18.7 Å². The number of nitrogens with zero attached hydrogens (tertiary/aromatic N) is 2. The number of hydrogen-bond donors (Lipinski definition) is 2. The lowest BCUT2D eigenvalue weighted by Gasteiger charge is -2.13. The summed E-state index contributed by atoms with van der Waals surface area (Å²) >= 11 is 0. The average molecular weight is 297 g/mol. The van der Waals surface area contributed by atoms with Gasteiger partial charge < -0.3 is 15.6 Å². The van der Waals surface area contributed by atoms with Crippen LogP contribution in [0.25, 0.3) is 0 Å². The first-order valence-corrected chi connectivity index (χ1v) is 5.65. The first kappa shape index (κ1) is 19.6. The van der Waals surface area contributed by atoms with Gasteiger partial charge in [-0.15, -0.1) is 24.8 Å². The lowest BCUT2D eigenvalue weighted by atomic mass is 10.1. The molecule has 0 aliphatic rings. The summed E-state index contributed by atoms with van der Waals surface area (Å²) < 4.78 is 2.01. The van der Waals surface area contributed by atoms with E-state index in [0.717, 1.165) is 13.0 Å². The Balaban J connectivity index is 0. The van der Waals surface area contributed by atoms with Gasteiger partial charge in [-0.25, -0.2) is 4.98 Å². The number of carbonyl (C=O) groups excluding carboxylic acids is 1. The second kappa shape index (κ2) is 11.3. The van der Waals surface area contributed by atoms with Crippen LogP contribution in [-0.4, -0.2) is 28.5 Å². The molecule has 1 heterocycles. The molecule has 18 heavy (non-hydrogen) atoms. The molecule has 1 atom stereocenters. The van der Waals surface area contributed by atoms with Crippen LogP contribution in [0.2, 0.25) is 0 Å². The maximum absolute atomic E-state index is 11.3. The van der Waals surface area contributed by atoms with Crippen molar-refractivity contribution >= 4 is 30.7 Å². The van der Waals surface area contributed by atoms with Gasteiger partial charge >= 0.3 is 0 Å². The molecule has 0 saturated carbocycles. The Kier molecular flexibility index (Phi) is 12.3. The van der Waals surface area contributed by atoms with Crippen LogP contribution in [0.4, 0.5) is 0 Å². The maximum atomic E-state index is 11.3. The van der Waals surface area contributed by atoms with E-state index in [0.29, 0.717) is 25.4 Å². The third-order valence-electron chi connectivity index (χ3n) is 2.34. The molecule has 7 heteroatoms. The molecular formula is C11H22Cl2N4O. The lowest BCUT2D eigenvalue weighted by molar-refractivity contribution is -0.121. The number of rotatable bonds is 7. The van der Waals surface area contributed by atoms with Gasteiger partial charge in [-0.1, -0.05) is 6.92 Å². The molecule has 0 aliphatic carbocycles. The second-order valence-electron chi connectivity index (χ2n) is 4.06. The van der Waals surface area contributed by atoms with E-state index >= 15 is 0 Å². The third-order valence-corrected chi connectivity index (χ3v) is 2.34. The topological polar surface area (TPSA) is 72.9 Å². The molecule has 0 spiro atoms. The number of imidazole rings is 1. The Morgan fingerprint density at radius 2 is 2.22 bits per heavy atom. The minimum atomic E-state index is 0. The highest BCUT2D eigenvalue weighted by Crippen LogP contribution is 1.99. The Morgan fingerprint density at radius 3 is 2.78 bits per heavy atom. The van der Waals surface area contributed by atoms with Crippen LogP contribution < -0.4 is 11.1 Å². The maximum Gasteiger partial charge on any atom is 0.220 e. The van der Waals surface area contributed by atoms with Crippen molar-refractivity contribution in [1.29, 1.82) is 0 Å². The first-order chi connectivity index (χ1) is 7.72. The van der Waals surface area contributed by atoms with Gasteiger partial charge in [-0.2, -0.15) is 0 Å². The highest BCUT2D eigenvalue weighted by atomic mass is 35.5. The van der Waals surface area contributed by atoms with Gasteiger partial charge in [0.1, 0.15) is 0 Å². The zero-order valence-corrected chi connectivity index (χ0v) is 12.2. The predicted octanol–water partition coefficient (Wildman–Crippen LogP) is 1.22. The lowest BCUT2D eigenvalue weighted by Crippen LogP contribution is -2.30. The van der Waals surface area contributed by atoms with Gasteiger partial charge in [0.2, 0.25) is 5.91 Å². The van der Waals surface area contributed by atoms with E-state index in [1.54, 1.807) is 12.5 Å². The second-order valence-corrected chi connectivity index (χ2v) is 4.06. The summed E-state index contributed by atoms with van der Waals surface area (Å²) in [6.07, 6.45) is 6.74. The molecule has 1 unspecified atom stereocenters. The van der Waals surface area contributed by atoms with Crippen molar-refractivity contribution in [3.63, 3.8) is 0 Å². The highest BCUT2D eigenvalue weighted by molar-refractivity contribution is 5.85. The van der Waals surface area contributed by atoms with Crippen LogP contribution in [0.3, 0.4) is 0 Å². The number of nitrogens with one attached hydrogen (secondary N) is 1. The standard InChI is InChI=1S/C11H20N4O.2ClH/c1-10(8-15-6-5-13-9-15)7-14-11(16)3-2-4-12;;/h5-6,9-10H,2-4,7-8,12H2,1H3,(H,14,16);2*1H. The van der Waals surface area contributed by atoms with E-state index in [1.165, 1.54) is 0 Å². The first-order valence-electron chi connectivity index (χ1n) is 5.65. The summed E-state index contributed by atoms with van der Waals surface area (Å²) in [7, 11) is 0. The Morgan fingerprint density at radius 1 is 1.50 bits per heavy atom. The summed E-state index contributed by atoms with van der Waals surface area (Å²) in [6.45, 7) is 4.24. The van der Waals surface area contributed by atoms with Crippen molar-refractivity contribution in [3.8, 4) is 0 Å². The number of aromatic nitrogens is 2. The van der Waals surface area contributed by atoms with Crippen LogP contribution in [0.5, 0.6) is 0 Å². The quantitative estimate of drug-likeness (QED) is 0.794. The highest BCUT2D eigenvalue weighted by Gasteiger charge is 2.05. The van der Waals surface area contributed by atoms with Crippen molar-refractivity contribution < 1.29 is 4.79 Å². The van der Waals surface area contributed by atoms with Crippen molar-refractivity contribution in [2.45, 2.75) is 26.3 Å². The Labute approximate surface area is 120 Å². The largest absolute Gasteiger partial charge is 0.356 e. The van der Waals surface area contributed by atoms with Crippen LogP contribution >= 0.6 is 24.8 Å². The number of amides is 1. The smallest absolute Gasteiger partial charge is 0.220 e. The molecule has 1 aromatic rings. The van der Waals surface area contributed by atoms with Gasteiger partial charge in [0.25, 0.3) is 0 Å². The van der Waals surface area contributed by atoms with E-state index < -0.39 is 0 Å². The molecule has 1 rings (SSSR count). The number of carbonyl (C=O) groups is 1. The van der Waals surface area contributed by atoms with Crippen LogP contribution in [0.1, 0.15) is 19.8 Å². The molecule has 3 N–H and O–H groups in total. The molecule has 5 nitrogen and oxygen atoms in total. The molecule has 106 valence electrons. The van der Waals surface area contributed by atoms with Crippen LogP contribution in [0.15, 0.2) is 18.7 Å². The van der Waals surface area contributed by atoms with E-state index in [1.807, 2.05) is 10.8 Å². The minimum Gasteiger partial charge on any atom is -0.356 e. The van der Waals surface area contributed by atoms with Crippen molar-refractivity contribution in [1.82, 2.24) is 14.9 Å². The van der Waals surface area contributed by atoms with Gasteiger partial charge in [0.15, 0.2) is 0 Å². The summed E-state index contributed by atoms with van der Waals surface area (Å²) in [6, 6.07) is 0. The van der Waals surface area contributed by atoms with E-state index in [-0.39, 0.29) is 30.7 Å². The SMILES string of the molecule is CC(CNC(=O)CCCN)Cn1ccnc1.Cl.Cl. The fourth-order valence-electron chi connectivity index (χ4n) is 1.46. The van der Waals surface area contributed by atoms with E-state index in [4.69, 9.17) is 5.73 Å². The molecular weight excluding hydrogens is 275 g/mol. The fraction of sp³-hybridized carbons (Fsp3) is 0.636. The van der Waals surface area contributed by atoms with Gasteiger partial charge in [0, 0.05) is 31.9 Å². The summed E-state index contributed by atoms with van der Waals surface area (Å²) in [5.41, 5.74) is 5.33. The zero-order chi connectivity index (χ0) is 11.8. The normalized spacial score (nSPS) is 11.0. The van der Waals surface area contributed by atoms with Gasteiger partial charge in [0.05, 0.1) is 6.33 Å². The molecule has 1 aromatic heterocycles. The third kappa shape index (κ3) is 8.33. The molecule has 0 aromatic carbocycles. The molecule has 0 saturated heterocycles. The van der Waals surface area contributed by atoms with Crippen molar-refractivity contribution in [2.24, 2.45) is 11.7 Å². The Hall–Kier alpha value is -0.780. The molecule has 0 bridgehead atoms. The number of halogens is 2. The number of hydrogen-bond acceptors (Lipinski definition) is 3. The number of nitrogens with two attached hydrogens (primary N) is 1. The predicted molar refractivity (Wildman–Crippen MR) is 77.2 cm³/mol. The fourth-order valence-corrected chi connectivity index (χ4v) is 1.46. The summed E-state index contributed by atoms with van der Waals surface area (Å²) in [5, 5.41) is 2.90.